The minimum Gasteiger partial charge on any atom is -0.370 e. The van der Waals surface area contributed by atoms with Gasteiger partial charge >= 0.3 is 0 Å². The van der Waals surface area contributed by atoms with Crippen LogP contribution in [0.5, 0.6) is 0 Å². The Balaban J connectivity index is 2.65. The third-order valence-corrected chi connectivity index (χ3v) is 3.96. The smallest absolute Gasteiger partial charge is 0.271 e. The SMILES string of the molecule is CCNc1ccc(Cl)c(C(=O)NCCS(=O)CC)n1. The summed E-state index contributed by atoms with van der Waals surface area (Å²) in [6.45, 7) is 4.85. The molecular weight excluding hydrogens is 286 g/mol. The van der Waals surface area contributed by atoms with E-state index in [4.69, 9.17) is 11.6 Å². The van der Waals surface area contributed by atoms with E-state index in [-0.39, 0.29) is 11.6 Å². The van der Waals surface area contributed by atoms with Gasteiger partial charge in [-0.2, -0.15) is 0 Å². The molecule has 0 saturated carbocycles. The summed E-state index contributed by atoms with van der Waals surface area (Å²) in [5.74, 6) is 1.28. The van der Waals surface area contributed by atoms with Gasteiger partial charge in [0.05, 0.1) is 5.02 Å². The summed E-state index contributed by atoms with van der Waals surface area (Å²) in [6.07, 6.45) is 0. The van der Waals surface area contributed by atoms with Gasteiger partial charge in [0.15, 0.2) is 0 Å². The molecule has 7 heteroatoms. The normalized spacial score (nSPS) is 11.9. The van der Waals surface area contributed by atoms with Crippen molar-refractivity contribution in [2.45, 2.75) is 13.8 Å². The highest BCUT2D eigenvalue weighted by Gasteiger charge is 2.12. The van der Waals surface area contributed by atoms with Gasteiger partial charge in [-0.1, -0.05) is 18.5 Å². The molecular formula is C12H18ClN3O2S. The van der Waals surface area contributed by atoms with Crippen molar-refractivity contribution in [2.75, 3.05) is 29.9 Å². The molecule has 1 amide bonds. The number of carbonyl (C=O) groups is 1. The molecule has 1 aromatic rings. The maximum Gasteiger partial charge on any atom is 0.271 e. The van der Waals surface area contributed by atoms with Gasteiger partial charge in [0.2, 0.25) is 0 Å². The molecule has 5 nitrogen and oxygen atoms in total. The standard InChI is InChI=1S/C12H18ClN3O2S/c1-3-14-10-6-5-9(13)11(16-10)12(17)15-7-8-19(18)4-2/h5-6H,3-4,7-8H2,1-2H3,(H,14,16)(H,15,17). The molecule has 2 N–H and O–H groups in total. The summed E-state index contributed by atoms with van der Waals surface area (Å²) in [6, 6.07) is 3.35. The van der Waals surface area contributed by atoms with Crippen LogP contribution in [0, 0.1) is 0 Å². The number of pyridine rings is 1. The lowest BCUT2D eigenvalue weighted by molar-refractivity contribution is 0.0951. The molecule has 1 aromatic heterocycles. The summed E-state index contributed by atoms with van der Waals surface area (Å²) in [5, 5.41) is 5.98. The summed E-state index contributed by atoms with van der Waals surface area (Å²) < 4.78 is 11.2. The predicted octanol–water partition coefficient (Wildman–Crippen LogP) is 1.67. The van der Waals surface area contributed by atoms with Crippen LogP contribution in [0.3, 0.4) is 0 Å². The van der Waals surface area contributed by atoms with E-state index in [2.05, 4.69) is 15.6 Å². The third-order valence-electron chi connectivity index (χ3n) is 2.36. The molecule has 19 heavy (non-hydrogen) atoms. The van der Waals surface area contributed by atoms with Crippen molar-refractivity contribution in [3.8, 4) is 0 Å². The van der Waals surface area contributed by atoms with Crippen molar-refractivity contribution in [3.63, 3.8) is 0 Å². The van der Waals surface area contributed by atoms with E-state index in [1.54, 1.807) is 12.1 Å². The Kier molecular flexibility index (Phi) is 6.80. The molecule has 0 saturated heterocycles. The van der Waals surface area contributed by atoms with E-state index in [9.17, 15) is 9.00 Å². The second-order valence-electron chi connectivity index (χ2n) is 3.75. The zero-order valence-electron chi connectivity index (χ0n) is 11.0. The van der Waals surface area contributed by atoms with Gasteiger partial charge in [0.25, 0.3) is 5.91 Å². The summed E-state index contributed by atoms with van der Waals surface area (Å²) >= 11 is 5.95. The highest BCUT2D eigenvalue weighted by molar-refractivity contribution is 7.84. The third kappa shape index (κ3) is 5.16. The van der Waals surface area contributed by atoms with Gasteiger partial charge in [-0.15, -0.1) is 0 Å². The largest absolute Gasteiger partial charge is 0.370 e. The molecule has 106 valence electrons. The minimum atomic E-state index is -0.893. The Hall–Kier alpha value is -1.14. The first-order valence-corrected chi connectivity index (χ1v) is 7.98. The van der Waals surface area contributed by atoms with E-state index >= 15 is 0 Å². The lowest BCUT2D eigenvalue weighted by Crippen LogP contribution is -2.29. The number of anilines is 1. The van der Waals surface area contributed by atoms with Crippen LogP contribution in [0.2, 0.25) is 5.02 Å². The van der Waals surface area contributed by atoms with Gasteiger partial charge in [-0.05, 0) is 19.1 Å². The van der Waals surface area contributed by atoms with Crippen molar-refractivity contribution in [2.24, 2.45) is 0 Å². The molecule has 0 radical (unpaired) electrons. The lowest BCUT2D eigenvalue weighted by atomic mass is 10.3. The minimum absolute atomic E-state index is 0.183. The number of hydrogen-bond acceptors (Lipinski definition) is 4. The molecule has 1 rings (SSSR count). The van der Waals surface area contributed by atoms with Crippen LogP contribution in [0.1, 0.15) is 24.3 Å². The van der Waals surface area contributed by atoms with Gasteiger partial charge in [0, 0.05) is 35.4 Å². The fourth-order valence-electron chi connectivity index (χ4n) is 1.39. The molecule has 1 heterocycles. The molecule has 0 aliphatic rings. The fraction of sp³-hybridized carbons (Fsp3) is 0.500. The first-order chi connectivity index (χ1) is 9.08. The quantitative estimate of drug-likeness (QED) is 0.804. The maximum absolute atomic E-state index is 11.9. The van der Waals surface area contributed by atoms with Crippen molar-refractivity contribution in [3.05, 3.63) is 22.8 Å². The highest BCUT2D eigenvalue weighted by atomic mass is 35.5. The van der Waals surface area contributed by atoms with E-state index < -0.39 is 10.8 Å². The van der Waals surface area contributed by atoms with Crippen LogP contribution in [-0.2, 0) is 10.8 Å². The molecule has 0 aliphatic heterocycles. The average Bonchev–Trinajstić information content (AvgIpc) is 2.40. The molecule has 1 unspecified atom stereocenters. The van der Waals surface area contributed by atoms with Crippen LogP contribution >= 0.6 is 11.6 Å². The Bertz CT molecular complexity index is 468. The zero-order chi connectivity index (χ0) is 14.3. The molecule has 0 aliphatic carbocycles. The molecule has 0 aromatic carbocycles. The van der Waals surface area contributed by atoms with Crippen LogP contribution in [0.15, 0.2) is 12.1 Å². The molecule has 0 fully saturated rings. The second kappa shape index (κ2) is 8.12. The van der Waals surface area contributed by atoms with Crippen LogP contribution in [-0.4, -0.2) is 39.7 Å². The molecule has 0 bridgehead atoms. The summed E-state index contributed by atoms with van der Waals surface area (Å²) in [7, 11) is -0.893. The summed E-state index contributed by atoms with van der Waals surface area (Å²) in [5.41, 5.74) is 0.183. The predicted molar refractivity (Wildman–Crippen MR) is 79.3 cm³/mol. The second-order valence-corrected chi connectivity index (χ2v) is 6.02. The number of rotatable bonds is 7. The highest BCUT2D eigenvalue weighted by Crippen LogP contribution is 2.16. The van der Waals surface area contributed by atoms with Gasteiger partial charge < -0.3 is 10.6 Å². The van der Waals surface area contributed by atoms with Gasteiger partial charge in [0.1, 0.15) is 11.5 Å². The first-order valence-electron chi connectivity index (χ1n) is 6.12. The van der Waals surface area contributed by atoms with E-state index in [1.807, 2.05) is 13.8 Å². The van der Waals surface area contributed by atoms with Crippen molar-refractivity contribution in [1.82, 2.24) is 10.3 Å². The van der Waals surface area contributed by atoms with E-state index in [0.29, 0.717) is 35.4 Å². The Morgan fingerprint density at radius 3 is 2.79 bits per heavy atom. The lowest BCUT2D eigenvalue weighted by Gasteiger charge is -2.08. The van der Waals surface area contributed by atoms with Crippen LogP contribution in [0.4, 0.5) is 5.82 Å². The number of carbonyl (C=O) groups excluding carboxylic acids is 1. The number of amides is 1. The number of aromatic nitrogens is 1. The Morgan fingerprint density at radius 1 is 1.42 bits per heavy atom. The topological polar surface area (TPSA) is 71.1 Å². The number of halogens is 1. The Morgan fingerprint density at radius 2 is 2.16 bits per heavy atom. The average molecular weight is 304 g/mol. The van der Waals surface area contributed by atoms with Crippen molar-refractivity contribution in [1.29, 1.82) is 0 Å². The van der Waals surface area contributed by atoms with E-state index in [1.165, 1.54) is 0 Å². The molecule has 1 atom stereocenters. The van der Waals surface area contributed by atoms with Crippen molar-refractivity contribution >= 4 is 34.1 Å². The molecule has 0 spiro atoms. The van der Waals surface area contributed by atoms with Crippen molar-refractivity contribution < 1.29 is 9.00 Å². The Labute approximate surface area is 120 Å². The van der Waals surface area contributed by atoms with Gasteiger partial charge in [-0.3, -0.25) is 9.00 Å². The van der Waals surface area contributed by atoms with Crippen LogP contribution in [0.25, 0.3) is 0 Å². The first kappa shape index (κ1) is 15.9. The van der Waals surface area contributed by atoms with E-state index in [0.717, 1.165) is 0 Å². The van der Waals surface area contributed by atoms with Crippen LogP contribution < -0.4 is 10.6 Å². The summed E-state index contributed by atoms with van der Waals surface area (Å²) in [4.78, 5) is 16.1. The number of hydrogen-bond donors (Lipinski definition) is 2. The monoisotopic (exact) mass is 303 g/mol. The maximum atomic E-state index is 11.9. The number of nitrogens with one attached hydrogen (secondary N) is 2. The number of nitrogens with zero attached hydrogens (tertiary/aromatic N) is 1. The fourth-order valence-corrected chi connectivity index (χ4v) is 2.20. The zero-order valence-corrected chi connectivity index (χ0v) is 12.6. The van der Waals surface area contributed by atoms with Gasteiger partial charge in [-0.25, -0.2) is 4.98 Å².